The second-order valence-corrected chi connectivity index (χ2v) is 6.25. The summed E-state index contributed by atoms with van der Waals surface area (Å²) in [5.41, 5.74) is 0.361. The summed E-state index contributed by atoms with van der Waals surface area (Å²) >= 11 is 0. The number of pyridine rings is 1. The summed E-state index contributed by atoms with van der Waals surface area (Å²) in [5.74, 6) is -2.12. The van der Waals surface area contributed by atoms with E-state index in [9.17, 15) is 13.2 Å². The van der Waals surface area contributed by atoms with E-state index >= 15 is 0 Å². The zero-order valence-corrected chi connectivity index (χ0v) is 10.5. The molecule has 1 aromatic rings. The van der Waals surface area contributed by atoms with Crippen LogP contribution in [-0.4, -0.2) is 29.7 Å². The molecule has 1 atom stereocenters. The average molecular weight is 257 g/mol. The second-order valence-electron chi connectivity index (χ2n) is 4.13. The van der Waals surface area contributed by atoms with Gasteiger partial charge in [0.25, 0.3) is 0 Å². The first-order chi connectivity index (χ1) is 7.84. The first-order valence-corrected chi connectivity index (χ1v) is 6.90. The highest BCUT2D eigenvalue weighted by atomic mass is 32.2. The van der Waals surface area contributed by atoms with Crippen molar-refractivity contribution < 1.29 is 18.3 Å². The highest BCUT2D eigenvalue weighted by Crippen LogP contribution is 2.17. The minimum atomic E-state index is -3.74. The van der Waals surface area contributed by atoms with Crippen LogP contribution in [-0.2, 0) is 20.4 Å². The zero-order chi connectivity index (χ0) is 13.1. The smallest absolute Gasteiger partial charge is 0.322 e. The normalized spacial score (nSPS) is 13.6. The van der Waals surface area contributed by atoms with E-state index in [0.29, 0.717) is 5.69 Å². The van der Waals surface area contributed by atoms with E-state index in [4.69, 9.17) is 5.11 Å². The molecule has 5 nitrogen and oxygen atoms in total. The molecular weight excluding hydrogens is 242 g/mol. The van der Waals surface area contributed by atoms with Gasteiger partial charge in [-0.1, -0.05) is 19.9 Å². The van der Waals surface area contributed by atoms with Crippen LogP contribution in [0.4, 0.5) is 0 Å². The van der Waals surface area contributed by atoms with Crippen LogP contribution in [0.1, 0.15) is 19.5 Å². The standard InChI is InChI=1S/C11H15NO4S/c1-8(2)10(11(13)14)17(15,16)7-9-5-3-4-6-12-9/h3-6,8,10H,7H2,1-2H3,(H,13,14). The van der Waals surface area contributed by atoms with Gasteiger partial charge in [0, 0.05) is 6.20 Å². The Kier molecular flexibility index (Phi) is 4.22. The van der Waals surface area contributed by atoms with E-state index in [-0.39, 0.29) is 5.75 Å². The van der Waals surface area contributed by atoms with Gasteiger partial charge >= 0.3 is 5.97 Å². The molecule has 0 radical (unpaired) electrons. The molecule has 0 saturated heterocycles. The van der Waals surface area contributed by atoms with Crippen LogP contribution in [0.25, 0.3) is 0 Å². The Bertz CT molecular complexity index is 481. The van der Waals surface area contributed by atoms with Crippen molar-refractivity contribution in [2.45, 2.75) is 24.9 Å². The summed E-state index contributed by atoms with van der Waals surface area (Å²) in [6.07, 6.45) is 1.48. The summed E-state index contributed by atoms with van der Waals surface area (Å²) in [5, 5.41) is 7.57. The predicted octanol–water partition coefficient (Wildman–Crippen LogP) is 1.11. The lowest BCUT2D eigenvalue weighted by Crippen LogP contribution is -2.35. The summed E-state index contributed by atoms with van der Waals surface area (Å²) in [6.45, 7) is 3.16. The molecule has 0 aliphatic heterocycles. The molecule has 0 amide bonds. The van der Waals surface area contributed by atoms with Gasteiger partial charge in [0.05, 0.1) is 11.4 Å². The van der Waals surface area contributed by atoms with Crippen LogP contribution in [0, 0.1) is 5.92 Å². The van der Waals surface area contributed by atoms with Crippen molar-refractivity contribution in [2.24, 2.45) is 5.92 Å². The number of carboxylic acids is 1. The molecule has 0 fully saturated rings. The zero-order valence-electron chi connectivity index (χ0n) is 9.70. The molecule has 1 N–H and O–H groups in total. The molecule has 1 unspecified atom stereocenters. The van der Waals surface area contributed by atoms with Crippen LogP contribution in [0.3, 0.4) is 0 Å². The number of aromatic nitrogens is 1. The van der Waals surface area contributed by atoms with Crippen molar-refractivity contribution in [1.82, 2.24) is 4.98 Å². The fourth-order valence-electron chi connectivity index (χ4n) is 1.63. The molecule has 94 valence electrons. The van der Waals surface area contributed by atoms with Gasteiger partial charge in [0.15, 0.2) is 15.1 Å². The Morgan fingerprint density at radius 3 is 2.47 bits per heavy atom. The minimum absolute atomic E-state index is 0.344. The van der Waals surface area contributed by atoms with Crippen LogP contribution < -0.4 is 0 Å². The fraction of sp³-hybridized carbons (Fsp3) is 0.455. The lowest BCUT2D eigenvalue weighted by atomic mass is 10.1. The lowest BCUT2D eigenvalue weighted by molar-refractivity contribution is -0.137. The van der Waals surface area contributed by atoms with Gasteiger partial charge in [0.1, 0.15) is 0 Å². The summed E-state index contributed by atoms with van der Waals surface area (Å²) in [4.78, 5) is 14.9. The Morgan fingerprint density at radius 2 is 2.06 bits per heavy atom. The highest BCUT2D eigenvalue weighted by molar-refractivity contribution is 7.92. The average Bonchev–Trinajstić information content (AvgIpc) is 2.15. The van der Waals surface area contributed by atoms with Gasteiger partial charge in [-0.2, -0.15) is 0 Å². The fourth-order valence-corrected chi connectivity index (χ4v) is 3.53. The number of hydrogen-bond donors (Lipinski definition) is 1. The van der Waals surface area contributed by atoms with Gasteiger partial charge in [0.2, 0.25) is 0 Å². The van der Waals surface area contributed by atoms with E-state index in [1.54, 1.807) is 32.0 Å². The number of carbonyl (C=O) groups is 1. The Labute approximate surface area is 100 Å². The third-order valence-corrected chi connectivity index (χ3v) is 4.53. The quantitative estimate of drug-likeness (QED) is 0.854. The number of sulfone groups is 1. The third kappa shape index (κ3) is 3.52. The molecular formula is C11H15NO4S. The van der Waals surface area contributed by atoms with Gasteiger partial charge in [-0.15, -0.1) is 0 Å². The molecule has 0 saturated carbocycles. The largest absolute Gasteiger partial charge is 0.480 e. The maximum Gasteiger partial charge on any atom is 0.322 e. The molecule has 1 rings (SSSR count). The van der Waals surface area contributed by atoms with Crippen LogP contribution >= 0.6 is 0 Å². The van der Waals surface area contributed by atoms with Crippen LogP contribution in [0.15, 0.2) is 24.4 Å². The van der Waals surface area contributed by atoms with Gasteiger partial charge in [-0.25, -0.2) is 8.42 Å². The predicted molar refractivity (Wildman–Crippen MR) is 63.1 cm³/mol. The molecule has 6 heteroatoms. The van der Waals surface area contributed by atoms with Gasteiger partial charge in [-0.05, 0) is 18.1 Å². The van der Waals surface area contributed by atoms with E-state index in [0.717, 1.165) is 0 Å². The topological polar surface area (TPSA) is 84.3 Å². The maximum atomic E-state index is 12.0. The summed E-state index contributed by atoms with van der Waals surface area (Å²) < 4.78 is 23.9. The molecule has 1 heterocycles. The lowest BCUT2D eigenvalue weighted by Gasteiger charge is -2.16. The Hall–Kier alpha value is -1.43. The number of hydrogen-bond acceptors (Lipinski definition) is 4. The molecule has 0 aliphatic rings. The molecule has 0 aromatic carbocycles. The van der Waals surface area contributed by atoms with Crippen molar-refractivity contribution >= 4 is 15.8 Å². The SMILES string of the molecule is CC(C)C(C(=O)O)S(=O)(=O)Cc1ccccn1. The van der Waals surface area contributed by atoms with Crippen molar-refractivity contribution in [3.8, 4) is 0 Å². The van der Waals surface area contributed by atoms with Crippen molar-refractivity contribution in [1.29, 1.82) is 0 Å². The van der Waals surface area contributed by atoms with E-state index in [2.05, 4.69) is 4.98 Å². The van der Waals surface area contributed by atoms with Crippen molar-refractivity contribution in [3.63, 3.8) is 0 Å². The number of rotatable bonds is 5. The van der Waals surface area contributed by atoms with Gasteiger partial charge < -0.3 is 5.11 Å². The highest BCUT2D eigenvalue weighted by Gasteiger charge is 2.35. The van der Waals surface area contributed by atoms with E-state index in [1.165, 1.54) is 6.20 Å². The molecule has 0 spiro atoms. The maximum absolute atomic E-state index is 12.0. The summed E-state index contributed by atoms with van der Waals surface area (Å²) in [7, 11) is -3.74. The molecule has 0 bridgehead atoms. The number of aliphatic carboxylic acids is 1. The van der Waals surface area contributed by atoms with Crippen molar-refractivity contribution in [2.75, 3.05) is 0 Å². The minimum Gasteiger partial charge on any atom is -0.480 e. The van der Waals surface area contributed by atoms with Crippen LogP contribution in [0.2, 0.25) is 0 Å². The van der Waals surface area contributed by atoms with E-state index in [1.807, 2.05) is 0 Å². The molecule has 1 aromatic heterocycles. The molecule has 17 heavy (non-hydrogen) atoms. The van der Waals surface area contributed by atoms with Crippen LogP contribution in [0.5, 0.6) is 0 Å². The third-order valence-electron chi connectivity index (χ3n) is 2.31. The summed E-state index contributed by atoms with van der Waals surface area (Å²) in [6, 6.07) is 4.91. The number of nitrogens with zero attached hydrogens (tertiary/aromatic N) is 1. The first kappa shape index (κ1) is 13.6. The van der Waals surface area contributed by atoms with Crippen molar-refractivity contribution in [3.05, 3.63) is 30.1 Å². The Morgan fingerprint density at radius 1 is 1.41 bits per heavy atom. The van der Waals surface area contributed by atoms with E-state index < -0.39 is 27.0 Å². The molecule has 0 aliphatic carbocycles. The first-order valence-electron chi connectivity index (χ1n) is 5.19. The Balaban J connectivity index is 2.99. The van der Waals surface area contributed by atoms with Gasteiger partial charge in [-0.3, -0.25) is 9.78 Å². The monoisotopic (exact) mass is 257 g/mol. The second kappa shape index (κ2) is 5.27. The number of carboxylic acid groups (broad SMARTS) is 1.